The second kappa shape index (κ2) is 4.66. The summed E-state index contributed by atoms with van der Waals surface area (Å²) >= 11 is 0. The van der Waals surface area contributed by atoms with Crippen molar-refractivity contribution in [3.8, 4) is 0 Å². The summed E-state index contributed by atoms with van der Waals surface area (Å²) in [5.74, 6) is 1.16. The molecule has 2 rings (SSSR count). The lowest BCUT2D eigenvalue weighted by atomic mass is 10.3. The number of aromatic nitrogens is 2. The zero-order valence-electron chi connectivity index (χ0n) is 10.3. The van der Waals surface area contributed by atoms with Gasteiger partial charge in [0.2, 0.25) is 0 Å². The van der Waals surface area contributed by atoms with Gasteiger partial charge >= 0.3 is 0 Å². The van der Waals surface area contributed by atoms with Crippen molar-refractivity contribution in [3.63, 3.8) is 0 Å². The van der Waals surface area contributed by atoms with Crippen molar-refractivity contribution in [2.24, 2.45) is 0 Å². The molecule has 2 aromatic rings. The molecule has 0 aliphatic carbocycles. The predicted octanol–water partition coefficient (Wildman–Crippen LogP) is 2.51. The van der Waals surface area contributed by atoms with Crippen LogP contribution >= 0.6 is 0 Å². The van der Waals surface area contributed by atoms with Gasteiger partial charge in [-0.15, -0.1) is 0 Å². The summed E-state index contributed by atoms with van der Waals surface area (Å²) in [5.41, 5.74) is 2.36. The van der Waals surface area contributed by atoms with E-state index in [1.54, 1.807) is 0 Å². The second-order valence-corrected chi connectivity index (χ2v) is 4.41. The molecule has 0 fully saturated rings. The van der Waals surface area contributed by atoms with Gasteiger partial charge in [-0.25, -0.2) is 4.98 Å². The largest absolute Gasteiger partial charge is 0.327 e. The van der Waals surface area contributed by atoms with Gasteiger partial charge in [0, 0.05) is 6.54 Å². The van der Waals surface area contributed by atoms with Crippen molar-refractivity contribution in [3.05, 3.63) is 30.1 Å². The number of para-hydroxylation sites is 2. The van der Waals surface area contributed by atoms with Gasteiger partial charge in [-0.2, -0.15) is 0 Å². The van der Waals surface area contributed by atoms with Crippen LogP contribution in [-0.2, 0) is 13.1 Å². The quantitative estimate of drug-likeness (QED) is 0.784. The Bertz CT molecular complexity index is 471. The Morgan fingerprint density at radius 2 is 2.00 bits per heavy atom. The number of benzene rings is 1. The van der Waals surface area contributed by atoms with E-state index >= 15 is 0 Å². The Morgan fingerprint density at radius 3 is 2.69 bits per heavy atom. The lowest BCUT2D eigenvalue weighted by molar-refractivity contribution is 0.381. The van der Waals surface area contributed by atoms with E-state index in [4.69, 9.17) is 4.98 Å². The molecule has 3 nitrogen and oxygen atoms in total. The Hall–Kier alpha value is -1.35. The molecule has 0 bridgehead atoms. The molecule has 1 heterocycles. The van der Waals surface area contributed by atoms with E-state index < -0.39 is 0 Å². The van der Waals surface area contributed by atoms with Gasteiger partial charge in [0.05, 0.1) is 17.6 Å². The number of rotatable bonds is 4. The number of fused-ring (bicyclic) bond motifs is 1. The molecule has 0 amide bonds. The van der Waals surface area contributed by atoms with Gasteiger partial charge in [0.25, 0.3) is 0 Å². The van der Waals surface area contributed by atoms with Crippen LogP contribution in [0.4, 0.5) is 0 Å². The molecular formula is C13H19N3. The zero-order valence-corrected chi connectivity index (χ0v) is 10.3. The lowest BCUT2D eigenvalue weighted by Gasteiger charge is -2.11. The monoisotopic (exact) mass is 217 g/mol. The molecule has 0 radical (unpaired) electrons. The van der Waals surface area contributed by atoms with E-state index in [1.165, 1.54) is 5.52 Å². The van der Waals surface area contributed by atoms with Gasteiger partial charge in [-0.05, 0) is 32.6 Å². The topological polar surface area (TPSA) is 21.1 Å². The third-order valence-electron chi connectivity index (χ3n) is 2.64. The average molecular weight is 217 g/mol. The van der Waals surface area contributed by atoms with E-state index in [0.29, 0.717) is 0 Å². The van der Waals surface area contributed by atoms with Crippen LogP contribution in [0.15, 0.2) is 24.3 Å². The highest BCUT2D eigenvalue weighted by molar-refractivity contribution is 5.75. The van der Waals surface area contributed by atoms with Gasteiger partial charge in [-0.1, -0.05) is 19.1 Å². The van der Waals surface area contributed by atoms with Gasteiger partial charge in [0.1, 0.15) is 5.82 Å². The van der Waals surface area contributed by atoms with Crippen LogP contribution in [0.5, 0.6) is 0 Å². The Labute approximate surface area is 96.7 Å². The first-order valence-electron chi connectivity index (χ1n) is 5.81. The second-order valence-electron chi connectivity index (χ2n) is 4.41. The molecule has 0 saturated heterocycles. The first-order valence-corrected chi connectivity index (χ1v) is 5.81. The molecule has 3 heteroatoms. The molecule has 0 spiro atoms. The van der Waals surface area contributed by atoms with E-state index in [-0.39, 0.29) is 0 Å². The molecule has 0 atom stereocenters. The van der Waals surface area contributed by atoms with Crippen LogP contribution in [0, 0.1) is 0 Å². The molecule has 1 aromatic heterocycles. The fourth-order valence-corrected chi connectivity index (χ4v) is 2.00. The number of hydrogen-bond donors (Lipinski definition) is 0. The fraction of sp³-hybridized carbons (Fsp3) is 0.462. The molecule has 1 aromatic carbocycles. The molecule has 0 saturated carbocycles. The maximum atomic E-state index is 4.69. The van der Waals surface area contributed by atoms with Crippen LogP contribution in [0.3, 0.4) is 0 Å². The smallest absolute Gasteiger partial charge is 0.124 e. The van der Waals surface area contributed by atoms with E-state index in [2.05, 4.69) is 48.7 Å². The Kier molecular flexibility index (Phi) is 3.25. The van der Waals surface area contributed by atoms with Crippen LogP contribution < -0.4 is 0 Å². The summed E-state index contributed by atoms with van der Waals surface area (Å²) < 4.78 is 2.33. The minimum atomic E-state index is 0.898. The molecule has 16 heavy (non-hydrogen) atoms. The molecule has 86 valence electrons. The maximum Gasteiger partial charge on any atom is 0.124 e. The van der Waals surface area contributed by atoms with Crippen LogP contribution in [-0.4, -0.2) is 28.5 Å². The summed E-state index contributed by atoms with van der Waals surface area (Å²) in [7, 11) is 4.16. The van der Waals surface area contributed by atoms with Gasteiger partial charge < -0.3 is 9.47 Å². The summed E-state index contributed by atoms with van der Waals surface area (Å²) in [4.78, 5) is 6.85. The van der Waals surface area contributed by atoms with Crippen molar-refractivity contribution in [2.75, 3.05) is 14.1 Å². The third kappa shape index (κ3) is 2.09. The fourth-order valence-electron chi connectivity index (χ4n) is 2.00. The Balaban J connectivity index is 2.49. The SMILES string of the molecule is CCCn1c(CN(C)C)nc2ccccc21. The van der Waals surface area contributed by atoms with Crippen LogP contribution in [0.1, 0.15) is 19.2 Å². The number of nitrogens with zero attached hydrogens (tertiary/aromatic N) is 3. The summed E-state index contributed by atoms with van der Waals surface area (Å²) in [6, 6.07) is 8.36. The average Bonchev–Trinajstić information content (AvgIpc) is 2.57. The number of hydrogen-bond acceptors (Lipinski definition) is 2. The molecule has 0 unspecified atom stereocenters. The Morgan fingerprint density at radius 1 is 1.25 bits per heavy atom. The first kappa shape index (κ1) is 11.1. The minimum absolute atomic E-state index is 0.898. The standard InChI is InChI=1S/C13H19N3/c1-4-9-16-12-8-6-5-7-11(12)14-13(16)10-15(2)3/h5-8H,4,9-10H2,1-3H3. The summed E-state index contributed by atoms with van der Waals surface area (Å²) in [5, 5.41) is 0. The first-order chi connectivity index (χ1) is 7.72. The summed E-state index contributed by atoms with van der Waals surface area (Å²) in [6.45, 7) is 4.15. The van der Waals surface area contributed by atoms with E-state index in [1.807, 2.05) is 6.07 Å². The molecule has 0 aliphatic heterocycles. The summed E-state index contributed by atoms with van der Waals surface area (Å²) in [6.07, 6.45) is 1.14. The van der Waals surface area contributed by atoms with Crippen molar-refractivity contribution >= 4 is 11.0 Å². The molecular weight excluding hydrogens is 198 g/mol. The van der Waals surface area contributed by atoms with Gasteiger partial charge in [-0.3, -0.25) is 0 Å². The number of imidazole rings is 1. The molecule has 0 aliphatic rings. The van der Waals surface area contributed by atoms with Crippen LogP contribution in [0.25, 0.3) is 11.0 Å². The lowest BCUT2D eigenvalue weighted by Crippen LogP contribution is -2.15. The maximum absolute atomic E-state index is 4.69. The van der Waals surface area contributed by atoms with Crippen molar-refractivity contribution in [1.82, 2.24) is 14.5 Å². The predicted molar refractivity (Wildman–Crippen MR) is 67.4 cm³/mol. The zero-order chi connectivity index (χ0) is 11.5. The van der Waals surface area contributed by atoms with Crippen molar-refractivity contribution in [1.29, 1.82) is 0 Å². The number of aryl methyl sites for hydroxylation is 1. The highest BCUT2D eigenvalue weighted by Crippen LogP contribution is 2.17. The molecule has 0 N–H and O–H groups in total. The normalized spacial score (nSPS) is 11.5. The van der Waals surface area contributed by atoms with Gasteiger partial charge in [0.15, 0.2) is 0 Å². The van der Waals surface area contributed by atoms with E-state index in [9.17, 15) is 0 Å². The van der Waals surface area contributed by atoms with Crippen molar-refractivity contribution < 1.29 is 0 Å². The highest BCUT2D eigenvalue weighted by atomic mass is 15.1. The van der Waals surface area contributed by atoms with Crippen LogP contribution in [0.2, 0.25) is 0 Å². The minimum Gasteiger partial charge on any atom is -0.327 e. The highest BCUT2D eigenvalue weighted by Gasteiger charge is 2.09. The third-order valence-corrected chi connectivity index (χ3v) is 2.64. The van der Waals surface area contributed by atoms with Crippen molar-refractivity contribution in [2.45, 2.75) is 26.4 Å². The van der Waals surface area contributed by atoms with E-state index in [0.717, 1.165) is 30.9 Å².